The normalized spacial score (nSPS) is 13.9. The molecular weight excluding hydrogens is 188 g/mol. The molecule has 0 radical (unpaired) electrons. The van der Waals surface area contributed by atoms with Gasteiger partial charge in [0.25, 0.3) is 0 Å². The van der Waals surface area contributed by atoms with E-state index in [4.69, 9.17) is 4.74 Å². The molecule has 1 saturated heterocycles. The molecule has 2 rings (SSSR count). The maximum atomic E-state index is 5.00. The lowest BCUT2D eigenvalue weighted by Crippen LogP contribution is -2.03. The summed E-state index contributed by atoms with van der Waals surface area (Å²) >= 11 is 0. The third-order valence-corrected chi connectivity index (χ3v) is 2.21. The van der Waals surface area contributed by atoms with Gasteiger partial charge in [0.15, 0.2) is 0 Å². The summed E-state index contributed by atoms with van der Waals surface area (Å²) in [5.74, 6) is 0.762. The molecule has 0 unspecified atom stereocenters. The Morgan fingerprint density at radius 1 is 1.27 bits per heavy atom. The first-order valence-electron chi connectivity index (χ1n) is 5.19. The molecule has 1 fully saturated rings. The molecule has 0 aromatic heterocycles. The summed E-state index contributed by atoms with van der Waals surface area (Å²) in [6, 6.07) is 7.50. The van der Waals surface area contributed by atoms with Crippen LogP contribution in [0.2, 0.25) is 0 Å². The number of para-hydroxylation sites is 2. The minimum absolute atomic E-state index is 0.762. The first kappa shape index (κ1) is 11.7. The summed E-state index contributed by atoms with van der Waals surface area (Å²) in [4.78, 5) is 3.77. The van der Waals surface area contributed by atoms with Gasteiger partial charge in [0.2, 0.25) is 0 Å². The van der Waals surface area contributed by atoms with E-state index in [1.165, 1.54) is 25.9 Å². The van der Waals surface area contributed by atoms with Gasteiger partial charge in [0.05, 0.1) is 7.11 Å². The molecule has 0 aliphatic carbocycles. The third kappa shape index (κ3) is 4.13. The second-order valence-corrected chi connectivity index (χ2v) is 3.29. The zero-order valence-corrected chi connectivity index (χ0v) is 9.20. The number of benzene rings is 1. The van der Waals surface area contributed by atoms with Crippen molar-refractivity contribution in [3.63, 3.8) is 0 Å². The first-order valence-corrected chi connectivity index (χ1v) is 5.19. The van der Waals surface area contributed by atoms with Crippen molar-refractivity contribution >= 4 is 12.4 Å². The van der Waals surface area contributed by atoms with Crippen LogP contribution in [-0.2, 0) is 0 Å². The van der Waals surface area contributed by atoms with Crippen LogP contribution in [0.15, 0.2) is 29.3 Å². The lowest BCUT2D eigenvalue weighted by Gasteiger charge is -2.00. The van der Waals surface area contributed by atoms with E-state index < -0.39 is 0 Å². The SMILES string of the molecule is C1CCNC1.C=Nc1ccccc1OC. The Balaban J connectivity index is 0.000000187. The van der Waals surface area contributed by atoms with Crippen LogP contribution in [0.4, 0.5) is 5.69 Å². The monoisotopic (exact) mass is 206 g/mol. The summed E-state index contributed by atoms with van der Waals surface area (Å²) in [6.45, 7) is 5.91. The van der Waals surface area contributed by atoms with Gasteiger partial charge in [-0.05, 0) is 44.8 Å². The van der Waals surface area contributed by atoms with Crippen molar-refractivity contribution in [1.29, 1.82) is 0 Å². The van der Waals surface area contributed by atoms with Crippen LogP contribution in [-0.4, -0.2) is 26.9 Å². The minimum atomic E-state index is 0.762. The molecule has 1 aliphatic rings. The number of ether oxygens (including phenoxy) is 1. The maximum absolute atomic E-state index is 5.00. The third-order valence-electron chi connectivity index (χ3n) is 2.21. The van der Waals surface area contributed by atoms with Gasteiger partial charge < -0.3 is 10.1 Å². The van der Waals surface area contributed by atoms with Crippen LogP contribution in [0.1, 0.15) is 12.8 Å². The van der Waals surface area contributed by atoms with Crippen molar-refractivity contribution in [1.82, 2.24) is 5.32 Å². The predicted molar refractivity (Wildman–Crippen MR) is 64.3 cm³/mol. The van der Waals surface area contributed by atoms with E-state index >= 15 is 0 Å². The highest BCUT2D eigenvalue weighted by Gasteiger charge is 1.95. The lowest BCUT2D eigenvalue weighted by molar-refractivity contribution is 0.416. The molecule has 1 aliphatic heterocycles. The molecule has 0 amide bonds. The van der Waals surface area contributed by atoms with Crippen molar-refractivity contribution in [2.24, 2.45) is 4.99 Å². The number of methoxy groups -OCH3 is 1. The Morgan fingerprint density at radius 2 is 1.93 bits per heavy atom. The van der Waals surface area contributed by atoms with Crippen LogP contribution >= 0.6 is 0 Å². The highest BCUT2D eigenvalue weighted by atomic mass is 16.5. The van der Waals surface area contributed by atoms with Crippen LogP contribution < -0.4 is 10.1 Å². The zero-order chi connectivity index (χ0) is 10.9. The second-order valence-electron chi connectivity index (χ2n) is 3.29. The Morgan fingerprint density at radius 3 is 2.33 bits per heavy atom. The van der Waals surface area contributed by atoms with Crippen molar-refractivity contribution in [2.45, 2.75) is 12.8 Å². The van der Waals surface area contributed by atoms with Gasteiger partial charge in [-0.25, -0.2) is 0 Å². The molecule has 3 heteroatoms. The van der Waals surface area contributed by atoms with E-state index in [9.17, 15) is 0 Å². The van der Waals surface area contributed by atoms with Crippen LogP contribution in [0, 0.1) is 0 Å². The van der Waals surface area contributed by atoms with Crippen LogP contribution in [0.25, 0.3) is 0 Å². The second kappa shape index (κ2) is 7.01. The van der Waals surface area contributed by atoms with Crippen molar-refractivity contribution in [3.8, 4) is 5.75 Å². The number of rotatable bonds is 2. The van der Waals surface area contributed by atoms with E-state index in [1.807, 2.05) is 24.3 Å². The topological polar surface area (TPSA) is 33.6 Å². The fourth-order valence-electron chi connectivity index (χ4n) is 1.39. The molecule has 0 saturated carbocycles. The highest BCUT2D eigenvalue weighted by Crippen LogP contribution is 2.24. The van der Waals surface area contributed by atoms with Gasteiger partial charge in [-0.3, -0.25) is 4.99 Å². The zero-order valence-electron chi connectivity index (χ0n) is 9.20. The van der Waals surface area contributed by atoms with Gasteiger partial charge in [-0.1, -0.05) is 12.1 Å². The molecular formula is C12H18N2O. The molecule has 82 valence electrons. The van der Waals surface area contributed by atoms with Gasteiger partial charge in [0.1, 0.15) is 11.4 Å². The van der Waals surface area contributed by atoms with Crippen molar-refractivity contribution in [2.75, 3.05) is 20.2 Å². The number of nitrogens with one attached hydrogen (secondary N) is 1. The fraction of sp³-hybridized carbons (Fsp3) is 0.417. The van der Waals surface area contributed by atoms with Gasteiger partial charge in [-0.2, -0.15) is 0 Å². The molecule has 1 aromatic carbocycles. The highest BCUT2D eigenvalue weighted by molar-refractivity contribution is 5.55. The number of aliphatic imine (C=N–C) groups is 1. The Bertz CT molecular complexity index is 288. The Kier molecular flexibility index (Phi) is 5.48. The van der Waals surface area contributed by atoms with Crippen molar-refractivity contribution in [3.05, 3.63) is 24.3 Å². The average molecular weight is 206 g/mol. The molecule has 0 bridgehead atoms. The molecule has 0 spiro atoms. The first-order chi connectivity index (χ1) is 7.38. The smallest absolute Gasteiger partial charge is 0.144 e. The van der Waals surface area contributed by atoms with E-state index in [-0.39, 0.29) is 0 Å². The van der Waals surface area contributed by atoms with E-state index in [2.05, 4.69) is 17.0 Å². The lowest BCUT2D eigenvalue weighted by atomic mass is 10.3. The number of hydrogen-bond donors (Lipinski definition) is 1. The average Bonchev–Trinajstić information content (AvgIpc) is 2.87. The summed E-state index contributed by atoms with van der Waals surface area (Å²) in [5, 5.41) is 3.22. The van der Waals surface area contributed by atoms with Crippen molar-refractivity contribution < 1.29 is 4.74 Å². The molecule has 0 atom stereocenters. The van der Waals surface area contributed by atoms with Gasteiger partial charge in [-0.15, -0.1) is 0 Å². The number of nitrogens with zero attached hydrogens (tertiary/aromatic N) is 1. The quantitative estimate of drug-likeness (QED) is 0.754. The molecule has 3 nitrogen and oxygen atoms in total. The Hall–Kier alpha value is -1.35. The van der Waals surface area contributed by atoms with E-state index in [1.54, 1.807) is 7.11 Å². The minimum Gasteiger partial charge on any atom is -0.494 e. The summed E-state index contributed by atoms with van der Waals surface area (Å²) in [5.41, 5.74) is 0.782. The van der Waals surface area contributed by atoms with E-state index in [0.717, 1.165) is 11.4 Å². The summed E-state index contributed by atoms with van der Waals surface area (Å²) in [6.07, 6.45) is 2.78. The van der Waals surface area contributed by atoms with Gasteiger partial charge >= 0.3 is 0 Å². The van der Waals surface area contributed by atoms with E-state index in [0.29, 0.717) is 0 Å². The predicted octanol–water partition coefficient (Wildman–Crippen LogP) is 2.40. The maximum Gasteiger partial charge on any atom is 0.144 e. The summed E-state index contributed by atoms with van der Waals surface area (Å²) in [7, 11) is 1.62. The molecule has 1 aromatic rings. The molecule has 1 N–H and O–H groups in total. The standard InChI is InChI=1S/C8H9NO.C4H9N/c1-9-7-5-3-4-6-8(7)10-2;1-2-4-5-3-1/h3-6H,1H2,2H3;5H,1-4H2. The molecule has 1 heterocycles. The van der Waals surface area contributed by atoms with Crippen LogP contribution in [0.3, 0.4) is 0 Å². The Labute approximate surface area is 91.2 Å². The van der Waals surface area contributed by atoms with Gasteiger partial charge in [0, 0.05) is 0 Å². The molecule has 15 heavy (non-hydrogen) atoms. The largest absolute Gasteiger partial charge is 0.494 e. The van der Waals surface area contributed by atoms with Crippen LogP contribution in [0.5, 0.6) is 5.75 Å². The fourth-order valence-corrected chi connectivity index (χ4v) is 1.39. The summed E-state index contributed by atoms with van der Waals surface area (Å²) < 4.78 is 5.00. The number of hydrogen-bond acceptors (Lipinski definition) is 3.